The van der Waals surface area contributed by atoms with Crippen molar-refractivity contribution >= 4 is 11.8 Å². The quantitative estimate of drug-likeness (QED) is 0.481. The van der Waals surface area contributed by atoms with Gasteiger partial charge >= 0.3 is 0 Å². The Kier molecular flexibility index (Phi) is 8.23. The lowest BCUT2D eigenvalue weighted by Crippen LogP contribution is -2.26. The van der Waals surface area contributed by atoms with E-state index in [1.165, 1.54) is 20.9 Å². The summed E-state index contributed by atoms with van der Waals surface area (Å²) < 4.78 is 0. The van der Waals surface area contributed by atoms with Crippen LogP contribution in [0, 0.1) is 13.8 Å². The Bertz CT molecular complexity index is 898. The van der Waals surface area contributed by atoms with Gasteiger partial charge in [-0.1, -0.05) is 36.0 Å². The predicted octanol–water partition coefficient (Wildman–Crippen LogP) is 4.99. The van der Waals surface area contributed by atoms with E-state index in [1.54, 1.807) is 11.8 Å². The summed E-state index contributed by atoms with van der Waals surface area (Å²) in [6, 6.07) is 16.8. The monoisotopic (exact) mass is 406 g/mol. The molecule has 2 aromatic heterocycles. The lowest BCUT2D eigenvalue weighted by atomic mass is 10.1. The van der Waals surface area contributed by atoms with Crippen LogP contribution in [0.4, 0.5) is 0 Å². The van der Waals surface area contributed by atoms with Gasteiger partial charge in [-0.05, 0) is 75.2 Å². The minimum atomic E-state index is 0.731. The zero-order valence-electron chi connectivity index (χ0n) is 17.3. The van der Waals surface area contributed by atoms with E-state index >= 15 is 0 Å². The highest BCUT2D eigenvalue weighted by Crippen LogP contribution is 2.30. The molecule has 0 bridgehead atoms. The molecule has 3 rings (SSSR count). The Hall–Kier alpha value is -2.21. The smallest absolute Gasteiger partial charge is 0.0683 e. The first-order chi connectivity index (χ1) is 14.2. The number of unbranched alkanes of at least 4 members (excludes halogenated alkanes) is 1. The lowest BCUT2D eigenvalue weighted by molar-refractivity contribution is 0.243. The van der Waals surface area contributed by atoms with Crippen LogP contribution in [0.1, 0.15) is 35.4 Å². The average Bonchev–Trinajstić information content (AvgIpc) is 2.72. The van der Waals surface area contributed by atoms with Gasteiger partial charge in [-0.3, -0.25) is 14.9 Å². The van der Waals surface area contributed by atoms with Crippen molar-refractivity contribution in [2.24, 2.45) is 5.73 Å². The molecule has 3 aromatic rings. The van der Waals surface area contributed by atoms with E-state index in [0.717, 1.165) is 50.4 Å². The largest absolute Gasteiger partial charge is 0.330 e. The van der Waals surface area contributed by atoms with Gasteiger partial charge in [0, 0.05) is 35.3 Å². The molecule has 152 valence electrons. The number of hydrogen-bond acceptors (Lipinski definition) is 5. The molecule has 0 unspecified atom stereocenters. The van der Waals surface area contributed by atoms with Crippen molar-refractivity contribution in [3.05, 3.63) is 83.4 Å². The summed E-state index contributed by atoms with van der Waals surface area (Å²) in [4.78, 5) is 14.3. The van der Waals surface area contributed by atoms with Crippen molar-refractivity contribution < 1.29 is 0 Å². The van der Waals surface area contributed by atoms with Crippen molar-refractivity contribution in [2.75, 3.05) is 13.1 Å². The van der Waals surface area contributed by atoms with Crippen molar-refractivity contribution in [3.63, 3.8) is 0 Å². The fraction of sp³-hybridized carbons (Fsp3) is 0.333. The predicted molar refractivity (Wildman–Crippen MR) is 121 cm³/mol. The Balaban J connectivity index is 1.78. The van der Waals surface area contributed by atoms with Crippen LogP contribution in [0.2, 0.25) is 0 Å². The molecule has 0 amide bonds. The van der Waals surface area contributed by atoms with E-state index in [-0.39, 0.29) is 0 Å². The summed E-state index contributed by atoms with van der Waals surface area (Å²) in [6.45, 7) is 7.57. The van der Waals surface area contributed by atoms with Gasteiger partial charge in [-0.2, -0.15) is 0 Å². The molecular formula is C24H30N4S. The summed E-state index contributed by atoms with van der Waals surface area (Å²) in [5, 5.41) is 0. The maximum absolute atomic E-state index is 5.72. The van der Waals surface area contributed by atoms with E-state index in [9.17, 15) is 0 Å². The molecular weight excluding hydrogens is 376 g/mol. The van der Waals surface area contributed by atoms with Gasteiger partial charge < -0.3 is 5.73 Å². The molecule has 0 radical (unpaired) electrons. The summed E-state index contributed by atoms with van der Waals surface area (Å²) in [6.07, 6.45) is 5.95. The van der Waals surface area contributed by atoms with E-state index in [2.05, 4.69) is 60.1 Å². The minimum Gasteiger partial charge on any atom is -0.330 e. The van der Waals surface area contributed by atoms with Crippen LogP contribution in [0.5, 0.6) is 0 Å². The Morgan fingerprint density at radius 1 is 0.931 bits per heavy atom. The highest BCUT2D eigenvalue weighted by atomic mass is 32.2. The van der Waals surface area contributed by atoms with Gasteiger partial charge in [0.2, 0.25) is 0 Å². The highest BCUT2D eigenvalue weighted by Gasteiger charge is 2.14. The molecule has 29 heavy (non-hydrogen) atoms. The van der Waals surface area contributed by atoms with Crippen LogP contribution in [-0.2, 0) is 13.1 Å². The second-order valence-electron chi connectivity index (χ2n) is 7.35. The number of benzene rings is 1. The number of nitrogens with zero attached hydrogens (tertiary/aromatic N) is 3. The fourth-order valence-corrected chi connectivity index (χ4v) is 4.21. The number of hydrogen-bond donors (Lipinski definition) is 1. The maximum Gasteiger partial charge on any atom is 0.0683 e. The molecule has 2 heterocycles. The summed E-state index contributed by atoms with van der Waals surface area (Å²) in [7, 11) is 0. The molecule has 5 heteroatoms. The number of aryl methyl sites for hydroxylation is 2. The van der Waals surface area contributed by atoms with Gasteiger partial charge in [0.1, 0.15) is 0 Å². The van der Waals surface area contributed by atoms with E-state index in [4.69, 9.17) is 10.7 Å². The number of nitrogens with two attached hydrogens (primary N) is 1. The van der Waals surface area contributed by atoms with Gasteiger partial charge in [-0.25, -0.2) is 0 Å². The van der Waals surface area contributed by atoms with Gasteiger partial charge in [0.15, 0.2) is 0 Å². The van der Waals surface area contributed by atoms with Gasteiger partial charge in [0.05, 0.1) is 11.4 Å². The van der Waals surface area contributed by atoms with Crippen LogP contribution in [0.3, 0.4) is 0 Å². The number of rotatable bonds is 10. The van der Waals surface area contributed by atoms with E-state index in [1.807, 2.05) is 24.5 Å². The van der Waals surface area contributed by atoms with Crippen molar-refractivity contribution in [2.45, 2.75) is 49.6 Å². The van der Waals surface area contributed by atoms with Crippen LogP contribution in [0.15, 0.2) is 70.7 Å². The zero-order chi connectivity index (χ0) is 20.5. The van der Waals surface area contributed by atoms with E-state index in [0.29, 0.717) is 0 Å². The van der Waals surface area contributed by atoms with E-state index < -0.39 is 0 Å². The minimum absolute atomic E-state index is 0.731. The Labute approximate surface area is 178 Å². The first-order valence-electron chi connectivity index (χ1n) is 10.2. The van der Waals surface area contributed by atoms with Gasteiger partial charge in [0.25, 0.3) is 0 Å². The summed E-state index contributed by atoms with van der Waals surface area (Å²) >= 11 is 1.77. The molecule has 0 spiro atoms. The SMILES string of the molecule is Cc1cnc(CN(CCCCN)Cc2ncccc2Sc2ccccc2)c(C)c1. The third-order valence-corrected chi connectivity index (χ3v) is 5.92. The third-order valence-electron chi connectivity index (χ3n) is 4.82. The zero-order valence-corrected chi connectivity index (χ0v) is 18.2. The second-order valence-corrected chi connectivity index (χ2v) is 8.46. The average molecular weight is 407 g/mol. The van der Waals surface area contributed by atoms with Crippen molar-refractivity contribution in [1.29, 1.82) is 0 Å². The lowest BCUT2D eigenvalue weighted by Gasteiger charge is -2.23. The number of aromatic nitrogens is 2. The molecule has 1 aromatic carbocycles. The fourth-order valence-electron chi connectivity index (χ4n) is 3.28. The molecule has 0 aliphatic carbocycles. The van der Waals surface area contributed by atoms with Crippen LogP contribution in [-0.4, -0.2) is 28.0 Å². The first kappa shape index (κ1) is 21.5. The second kappa shape index (κ2) is 11.1. The third kappa shape index (κ3) is 6.67. The molecule has 0 saturated carbocycles. The molecule has 0 aliphatic heterocycles. The van der Waals surface area contributed by atoms with Crippen LogP contribution < -0.4 is 5.73 Å². The van der Waals surface area contributed by atoms with Crippen molar-refractivity contribution in [3.8, 4) is 0 Å². The standard InChI is InChI=1S/C24H30N4S/c1-19-15-20(2)22(27-16-19)17-28(14-7-6-12-25)18-23-24(11-8-13-26-23)29-21-9-4-3-5-10-21/h3-5,8-11,13,15-16H,6-7,12,14,17-18,25H2,1-2H3. The Morgan fingerprint density at radius 2 is 1.72 bits per heavy atom. The maximum atomic E-state index is 5.72. The van der Waals surface area contributed by atoms with Crippen LogP contribution >= 0.6 is 11.8 Å². The molecule has 0 aliphatic rings. The topological polar surface area (TPSA) is 55.0 Å². The Morgan fingerprint density at radius 3 is 2.48 bits per heavy atom. The van der Waals surface area contributed by atoms with Gasteiger partial charge in [-0.15, -0.1) is 0 Å². The molecule has 0 saturated heterocycles. The first-order valence-corrected chi connectivity index (χ1v) is 11.0. The molecule has 4 nitrogen and oxygen atoms in total. The summed E-state index contributed by atoms with van der Waals surface area (Å²) in [5.41, 5.74) is 10.4. The number of pyridine rings is 2. The molecule has 0 fully saturated rings. The molecule has 2 N–H and O–H groups in total. The van der Waals surface area contributed by atoms with Crippen molar-refractivity contribution in [1.82, 2.24) is 14.9 Å². The molecule has 0 atom stereocenters. The highest BCUT2D eigenvalue weighted by molar-refractivity contribution is 7.99. The normalized spacial score (nSPS) is 11.2. The summed E-state index contributed by atoms with van der Waals surface area (Å²) in [5.74, 6) is 0. The van der Waals surface area contributed by atoms with Crippen LogP contribution in [0.25, 0.3) is 0 Å².